The fourth-order valence-electron chi connectivity index (χ4n) is 2.48. The summed E-state index contributed by atoms with van der Waals surface area (Å²) in [5.74, 6) is 1.72. The van der Waals surface area contributed by atoms with Crippen LogP contribution in [0.25, 0.3) is 0 Å². The van der Waals surface area contributed by atoms with E-state index in [9.17, 15) is 0 Å². The van der Waals surface area contributed by atoms with E-state index in [0.717, 1.165) is 24.7 Å². The average molecular weight is 243 g/mol. The number of nitrogens with zero attached hydrogens (tertiary/aromatic N) is 4. The molecule has 1 fully saturated rings. The summed E-state index contributed by atoms with van der Waals surface area (Å²) in [5.41, 5.74) is 0. The van der Waals surface area contributed by atoms with E-state index in [-0.39, 0.29) is 5.38 Å². The van der Waals surface area contributed by atoms with Gasteiger partial charge in [0.05, 0.1) is 5.38 Å². The van der Waals surface area contributed by atoms with Gasteiger partial charge in [0, 0.05) is 6.54 Å². The molecule has 1 aromatic rings. The molecule has 0 aromatic carbocycles. The maximum absolute atomic E-state index is 5.99. The summed E-state index contributed by atoms with van der Waals surface area (Å²) >= 11 is 5.99. The minimum absolute atomic E-state index is 0.110. The lowest BCUT2D eigenvalue weighted by Crippen LogP contribution is -2.07. The third-order valence-electron chi connectivity index (χ3n) is 3.37. The van der Waals surface area contributed by atoms with Crippen molar-refractivity contribution in [1.29, 1.82) is 0 Å². The second kappa shape index (κ2) is 5.62. The molecule has 0 N–H and O–H groups in total. The van der Waals surface area contributed by atoms with E-state index in [0.29, 0.717) is 0 Å². The first-order chi connectivity index (χ1) is 7.77. The van der Waals surface area contributed by atoms with E-state index in [2.05, 4.69) is 15.5 Å². The van der Waals surface area contributed by atoms with Crippen LogP contribution in [0.15, 0.2) is 0 Å². The van der Waals surface area contributed by atoms with E-state index >= 15 is 0 Å². The molecule has 1 atom stereocenters. The first-order valence-corrected chi connectivity index (χ1v) is 6.61. The number of hydrogen-bond donors (Lipinski definition) is 0. The molecular weight excluding hydrogens is 224 g/mol. The van der Waals surface area contributed by atoms with Gasteiger partial charge in [-0.2, -0.15) is 0 Å². The van der Waals surface area contributed by atoms with Gasteiger partial charge in [-0.3, -0.25) is 0 Å². The van der Waals surface area contributed by atoms with Crippen LogP contribution in [0.5, 0.6) is 0 Å². The molecule has 0 bridgehead atoms. The van der Waals surface area contributed by atoms with Crippen molar-refractivity contribution in [2.75, 3.05) is 0 Å². The Labute approximate surface area is 101 Å². The first kappa shape index (κ1) is 11.8. The van der Waals surface area contributed by atoms with Crippen LogP contribution in [0, 0.1) is 5.92 Å². The Bertz CT molecular complexity index is 318. The Kier molecular flexibility index (Phi) is 4.16. The highest BCUT2D eigenvalue weighted by atomic mass is 35.5. The van der Waals surface area contributed by atoms with Gasteiger partial charge in [-0.25, -0.2) is 4.68 Å². The van der Waals surface area contributed by atoms with Crippen LogP contribution in [0.2, 0.25) is 0 Å². The van der Waals surface area contributed by atoms with Crippen LogP contribution in [0.4, 0.5) is 0 Å². The Hall–Kier alpha value is -0.640. The lowest BCUT2D eigenvalue weighted by atomic mass is 10.0. The molecule has 1 heterocycles. The van der Waals surface area contributed by atoms with Crippen LogP contribution in [0.3, 0.4) is 0 Å². The van der Waals surface area contributed by atoms with E-state index in [4.69, 9.17) is 11.6 Å². The summed E-state index contributed by atoms with van der Waals surface area (Å²) in [6, 6.07) is 0. The van der Waals surface area contributed by atoms with Gasteiger partial charge < -0.3 is 0 Å². The highest BCUT2D eigenvalue weighted by Gasteiger charge is 2.15. The Morgan fingerprint density at radius 3 is 2.88 bits per heavy atom. The van der Waals surface area contributed by atoms with Crippen LogP contribution in [-0.2, 0) is 6.54 Å². The van der Waals surface area contributed by atoms with E-state index in [1.54, 1.807) is 0 Å². The fraction of sp³-hybridized carbons (Fsp3) is 0.909. The second-order valence-corrected chi connectivity index (χ2v) is 5.32. The molecular formula is C11H19ClN4. The zero-order valence-electron chi connectivity index (χ0n) is 9.77. The molecule has 0 spiro atoms. The number of alkyl halides is 1. The van der Waals surface area contributed by atoms with Crippen LogP contribution in [-0.4, -0.2) is 20.2 Å². The molecule has 5 heteroatoms. The van der Waals surface area contributed by atoms with Crippen LogP contribution >= 0.6 is 11.6 Å². The zero-order chi connectivity index (χ0) is 11.4. The molecule has 2 rings (SSSR count). The van der Waals surface area contributed by atoms with Gasteiger partial charge >= 0.3 is 0 Å². The van der Waals surface area contributed by atoms with Gasteiger partial charge in [-0.1, -0.05) is 25.7 Å². The molecule has 0 amide bonds. The van der Waals surface area contributed by atoms with Gasteiger partial charge in [0.15, 0.2) is 5.82 Å². The van der Waals surface area contributed by atoms with Crippen molar-refractivity contribution in [2.24, 2.45) is 5.92 Å². The van der Waals surface area contributed by atoms with Crippen molar-refractivity contribution in [3.63, 3.8) is 0 Å². The summed E-state index contributed by atoms with van der Waals surface area (Å²) in [6.45, 7) is 2.80. The molecule has 1 aliphatic rings. The summed E-state index contributed by atoms with van der Waals surface area (Å²) in [5, 5.41) is 11.5. The predicted octanol–water partition coefficient (Wildman–Crippen LogP) is 2.94. The molecule has 1 aliphatic carbocycles. The summed E-state index contributed by atoms with van der Waals surface area (Å²) in [7, 11) is 0. The Morgan fingerprint density at radius 1 is 1.44 bits per heavy atom. The minimum Gasteiger partial charge on any atom is -0.228 e. The lowest BCUT2D eigenvalue weighted by molar-refractivity contribution is 0.436. The lowest BCUT2D eigenvalue weighted by Gasteiger charge is -2.09. The standard InChI is InChI=1S/C11H19ClN4/c1-9(12)11-13-14-15-16(11)8-4-7-10-5-2-3-6-10/h9-10H,2-8H2,1H3. The summed E-state index contributed by atoms with van der Waals surface area (Å²) in [4.78, 5) is 0. The number of rotatable bonds is 5. The van der Waals surface area contributed by atoms with Crippen LogP contribution in [0.1, 0.15) is 56.7 Å². The van der Waals surface area contributed by atoms with Crippen LogP contribution < -0.4 is 0 Å². The Balaban J connectivity index is 1.78. The average Bonchev–Trinajstić information content (AvgIpc) is 2.87. The monoisotopic (exact) mass is 242 g/mol. The molecule has 0 saturated heterocycles. The first-order valence-electron chi connectivity index (χ1n) is 6.17. The third kappa shape index (κ3) is 2.94. The normalized spacial score (nSPS) is 19.1. The number of tetrazole rings is 1. The van der Waals surface area contributed by atoms with Crippen molar-refractivity contribution < 1.29 is 0 Å². The van der Waals surface area contributed by atoms with Gasteiger partial charge in [-0.05, 0) is 36.1 Å². The van der Waals surface area contributed by atoms with Crippen molar-refractivity contribution in [1.82, 2.24) is 20.2 Å². The number of halogens is 1. The minimum atomic E-state index is -0.110. The van der Waals surface area contributed by atoms with Gasteiger partial charge in [0.25, 0.3) is 0 Å². The largest absolute Gasteiger partial charge is 0.228 e. The van der Waals surface area contributed by atoms with Gasteiger partial charge in [-0.15, -0.1) is 16.7 Å². The molecule has 1 aromatic heterocycles. The molecule has 0 aliphatic heterocycles. The van der Waals surface area contributed by atoms with Gasteiger partial charge in [0.2, 0.25) is 0 Å². The SMILES string of the molecule is CC(Cl)c1nnnn1CCCC1CCCC1. The maximum atomic E-state index is 5.99. The molecule has 1 unspecified atom stereocenters. The Morgan fingerprint density at radius 2 is 2.19 bits per heavy atom. The topological polar surface area (TPSA) is 43.6 Å². The van der Waals surface area contributed by atoms with E-state index < -0.39 is 0 Å². The van der Waals surface area contributed by atoms with E-state index in [1.165, 1.54) is 32.1 Å². The summed E-state index contributed by atoms with van der Waals surface area (Å²) in [6.07, 6.45) is 8.12. The quantitative estimate of drug-likeness (QED) is 0.746. The number of hydrogen-bond acceptors (Lipinski definition) is 3. The maximum Gasteiger partial charge on any atom is 0.168 e. The van der Waals surface area contributed by atoms with Crippen molar-refractivity contribution in [3.05, 3.63) is 5.82 Å². The molecule has 4 nitrogen and oxygen atoms in total. The van der Waals surface area contributed by atoms with Crippen molar-refractivity contribution in [3.8, 4) is 0 Å². The fourth-order valence-corrected chi connectivity index (χ4v) is 2.64. The summed E-state index contributed by atoms with van der Waals surface area (Å²) < 4.78 is 1.84. The molecule has 0 radical (unpaired) electrons. The van der Waals surface area contributed by atoms with Gasteiger partial charge in [0.1, 0.15) is 0 Å². The highest BCUT2D eigenvalue weighted by molar-refractivity contribution is 6.20. The van der Waals surface area contributed by atoms with Crippen molar-refractivity contribution in [2.45, 2.75) is 57.4 Å². The second-order valence-electron chi connectivity index (χ2n) is 4.67. The number of aryl methyl sites for hydroxylation is 1. The smallest absolute Gasteiger partial charge is 0.168 e. The van der Waals surface area contributed by atoms with E-state index in [1.807, 2.05) is 11.6 Å². The molecule has 1 saturated carbocycles. The predicted molar refractivity (Wildman–Crippen MR) is 63.3 cm³/mol. The highest BCUT2D eigenvalue weighted by Crippen LogP contribution is 2.28. The van der Waals surface area contributed by atoms with Crippen molar-refractivity contribution >= 4 is 11.6 Å². The molecule has 90 valence electrons. The zero-order valence-corrected chi connectivity index (χ0v) is 10.5. The molecule has 16 heavy (non-hydrogen) atoms. The number of aromatic nitrogens is 4. The third-order valence-corrected chi connectivity index (χ3v) is 3.57.